The molecular formula is C19H22N2O4. The molecule has 0 radical (unpaired) electrons. The second-order valence-corrected chi connectivity index (χ2v) is 6.55. The number of para-hydroxylation sites is 1. The van der Waals surface area contributed by atoms with Gasteiger partial charge in [0.05, 0.1) is 11.1 Å². The summed E-state index contributed by atoms with van der Waals surface area (Å²) >= 11 is 0. The van der Waals surface area contributed by atoms with Gasteiger partial charge in [0.15, 0.2) is 16.8 Å². The van der Waals surface area contributed by atoms with Gasteiger partial charge in [0.1, 0.15) is 0 Å². The van der Waals surface area contributed by atoms with Crippen molar-refractivity contribution >= 4 is 28.5 Å². The molecule has 1 fully saturated rings. The fraction of sp³-hybridized carbons (Fsp3) is 0.421. The molecule has 25 heavy (non-hydrogen) atoms. The molecular weight excluding hydrogens is 320 g/mol. The van der Waals surface area contributed by atoms with E-state index in [0.717, 1.165) is 12.8 Å². The second kappa shape index (κ2) is 7.51. The summed E-state index contributed by atoms with van der Waals surface area (Å²) in [6, 6.07) is 6.11. The molecule has 1 aliphatic rings. The highest BCUT2D eigenvalue weighted by Gasteiger charge is 2.18. The number of nitrogens with one attached hydrogen (secondary N) is 2. The maximum atomic E-state index is 12.4. The predicted molar refractivity (Wildman–Crippen MR) is 95.7 cm³/mol. The van der Waals surface area contributed by atoms with Crippen LogP contribution in [0.3, 0.4) is 0 Å². The van der Waals surface area contributed by atoms with Gasteiger partial charge in [0.2, 0.25) is 5.91 Å². The molecule has 1 aromatic heterocycles. The lowest BCUT2D eigenvalue weighted by molar-refractivity contribution is -0.114. The molecule has 1 aliphatic carbocycles. The first-order chi connectivity index (χ1) is 12.0. The van der Waals surface area contributed by atoms with E-state index in [0.29, 0.717) is 23.5 Å². The highest BCUT2D eigenvalue weighted by atomic mass is 16.3. The molecule has 1 saturated carbocycles. The van der Waals surface area contributed by atoms with Crippen LogP contribution in [0.4, 0.5) is 5.69 Å². The third-order valence-corrected chi connectivity index (χ3v) is 4.57. The minimum atomic E-state index is -0.401. The first-order valence-corrected chi connectivity index (χ1v) is 8.67. The number of anilines is 1. The number of hydrogen-bond acceptors (Lipinski definition) is 4. The van der Waals surface area contributed by atoms with E-state index in [1.165, 1.54) is 32.3 Å². The van der Waals surface area contributed by atoms with E-state index in [-0.39, 0.29) is 22.7 Å². The van der Waals surface area contributed by atoms with Crippen LogP contribution < -0.4 is 16.1 Å². The molecule has 3 rings (SSSR count). The van der Waals surface area contributed by atoms with Crippen LogP contribution in [0.1, 0.15) is 49.6 Å². The van der Waals surface area contributed by atoms with Crippen molar-refractivity contribution in [3.8, 4) is 0 Å². The summed E-state index contributed by atoms with van der Waals surface area (Å²) in [5.74, 6) is -0.226. The lowest BCUT2D eigenvalue weighted by Crippen LogP contribution is -2.30. The number of carbonyl (C=O) groups is 2. The van der Waals surface area contributed by atoms with Gasteiger partial charge in [-0.1, -0.05) is 25.3 Å². The molecule has 1 aromatic carbocycles. The first kappa shape index (κ1) is 17.2. The van der Waals surface area contributed by atoms with Gasteiger partial charge in [-0.05, 0) is 30.9 Å². The highest BCUT2D eigenvalue weighted by Crippen LogP contribution is 2.24. The monoisotopic (exact) mass is 342 g/mol. The van der Waals surface area contributed by atoms with Gasteiger partial charge in [-0.3, -0.25) is 14.4 Å². The van der Waals surface area contributed by atoms with Crippen LogP contribution in [0.15, 0.2) is 33.5 Å². The maximum absolute atomic E-state index is 12.4. The SMILES string of the molecule is CC(=O)Nc1cccc2c(=O)cc(C(=O)NCC3CCCCC3)oc12. The lowest BCUT2D eigenvalue weighted by Gasteiger charge is -2.21. The van der Waals surface area contributed by atoms with Gasteiger partial charge < -0.3 is 15.1 Å². The minimum absolute atomic E-state index is 0.0360. The van der Waals surface area contributed by atoms with E-state index in [4.69, 9.17) is 4.42 Å². The molecule has 0 saturated heterocycles. The van der Waals surface area contributed by atoms with E-state index in [2.05, 4.69) is 10.6 Å². The first-order valence-electron chi connectivity index (χ1n) is 8.67. The number of carbonyl (C=O) groups excluding carboxylic acids is 2. The minimum Gasteiger partial charge on any atom is -0.448 e. The van der Waals surface area contributed by atoms with Crippen molar-refractivity contribution in [2.45, 2.75) is 39.0 Å². The summed E-state index contributed by atoms with van der Waals surface area (Å²) in [6.45, 7) is 1.96. The molecule has 2 N–H and O–H groups in total. The van der Waals surface area contributed by atoms with Crippen molar-refractivity contribution in [3.05, 3.63) is 40.2 Å². The summed E-state index contributed by atoms with van der Waals surface area (Å²) in [6.07, 6.45) is 5.90. The van der Waals surface area contributed by atoms with Gasteiger partial charge in [-0.15, -0.1) is 0 Å². The van der Waals surface area contributed by atoms with Gasteiger partial charge in [-0.2, -0.15) is 0 Å². The van der Waals surface area contributed by atoms with Crippen molar-refractivity contribution in [2.24, 2.45) is 5.92 Å². The normalized spacial score (nSPS) is 15.1. The zero-order valence-corrected chi connectivity index (χ0v) is 14.3. The fourth-order valence-corrected chi connectivity index (χ4v) is 3.29. The zero-order valence-electron chi connectivity index (χ0n) is 14.3. The van der Waals surface area contributed by atoms with Crippen molar-refractivity contribution < 1.29 is 14.0 Å². The Bertz CT molecular complexity index is 850. The smallest absolute Gasteiger partial charge is 0.287 e. The van der Waals surface area contributed by atoms with Crippen LogP contribution in [0.5, 0.6) is 0 Å². The van der Waals surface area contributed by atoms with Gasteiger partial charge in [0.25, 0.3) is 5.91 Å². The quantitative estimate of drug-likeness (QED) is 0.894. The Morgan fingerprint density at radius 2 is 1.96 bits per heavy atom. The van der Waals surface area contributed by atoms with Gasteiger partial charge in [-0.25, -0.2) is 0 Å². The fourth-order valence-electron chi connectivity index (χ4n) is 3.29. The van der Waals surface area contributed by atoms with Crippen molar-refractivity contribution in [3.63, 3.8) is 0 Å². The van der Waals surface area contributed by atoms with Crippen LogP contribution in [-0.2, 0) is 4.79 Å². The molecule has 2 amide bonds. The van der Waals surface area contributed by atoms with E-state index >= 15 is 0 Å². The molecule has 6 heteroatoms. The summed E-state index contributed by atoms with van der Waals surface area (Å²) in [7, 11) is 0. The molecule has 0 atom stereocenters. The Morgan fingerprint density at radius 1 is 1.20 bits per heavy atom. The third-order valence-electron chi connectivity index (χ3n) is 4.57. The Balaban J connectivity index is 1.84. The van der Waals surface area contributed by atoms with Crippen molar-refractivity contribution in [2.75, 3.05) is 11.9 Å². The lowest BCUT2D eigenvalue weighted by atomic mass is 9.89. The van der Waals surface area contributed by atoms with Crippen LogP contribution in [0.2, 0.25) is 0 Å². The standard InChI is InChI=1S/C19H22N2O4/c1-12(22)21-15-9-5-8-14-16(23)10-17(25-18(14)15)19(24)20-11-13-6-3-2-4-7-13/h5,8-10,13H,2-4,6-7,11H2,1H3,(H,20,24)(H,21,22). The predicted octanol–water partition coefficient (Wildman–Crippen LogP) is 3.06. The van der Waals surface area contributed by atoms with Gasteiger partial charge in [0, 0.05) is 19.5 Å². The van der Waals surface area contributed by atoms with Crippen molar-refractivity contribution in [1.82, 2.24) is 5.32 Å². The molecule has 2 aromatic rings. The average molecular weight is 342 g/mol. The van der Waals surface area contributed by atoms with E-state index in [1.807, 2.05) is 0 Å². The number of benzene rings is 1. The van der Waals surface area contributed by atoms with Crippen LogP contribution in [0, 0.1) is 5.92 Å². The van der Waals surface area contributed by atoms with Crippen LogP contribution in [0.25, 0.3) is 11.0 Å². The number of amides is 2. The summed E-state index contributed by atoms with van der Waals surface area (Å²) in [5.41, 5.74) is 0.285. The Labute approximate surface area is 145 Å². The number of hydrogen-bond donors (Lipinski definition) is 2. The highest BCUT2D eigenvalue weighted by molar-refractivity contribution is 6.00. The maximum Gasteiger partial charge on any atom is 0.287 e. The molecule has 0 bridgehead atoms. The number of rotatable bonds is 4. The van der Waals surface area contributed by atoms with E-state index < -0.39 is 5.91 Å². The van der Waals surface area contributed by atoms with Crippen LogP contribution >= 0.6 is 0 Å². The van der Waals surface area contributed by atoms with Crippen LogP contribution in [-0.4, -0.2) is 18.4 Å². The topological polar surface area (TPSA) is 88.4 Å². The molecule has 0 aliphatic heterocycles. The largest absolute Gasteiger partial charge is 0.448 e. The zero-order chi connectivity index (χ0) is 17.8. The van der Waals surface area contributed by atoms with Crippen molar-refractivity contribution in [1.29, 1.82) is 0 Å². The Hall–Kier alpha value is -2.63. The molecule has 0 unspecified atom stereocenters. The van der Waals surface area contributed by atoms with E-state index in [9.17, 15) is 14.4 Å². The van der Waals surface area contributed by atoms with Gasteiger partial charge >= 0.3 is 0 Å². The third kappa shape index (κ3) is 4.07. The van der Waals surface area contributed by atoms with E-state index in [1.54, 1.807) is 18.2 Å². The molecule has 132 valence electrons. The summed E-state index contributed by atoms with van der Waals surface area (Å²) in [4.78, 5) is 36.0. The second-order valence-electron chi connectivity index (χ2n) is 6.55. The molecule has 1 heterocycles. The number of fused-ring (bicyclic) bond motifs is 1. The summed E-state index contributed by atoms with van der Waals surface area (Å²) < 4.78 is 5.65. The average Bonchev–Trinajstić information content (AvgIpc) is 2.60. The Kier molecular flexibility index (Phi) is 5.16. The molecule has 6 nitrogen and oxygen atoms in total. The summed E-state index contributed by atoms with van der Waals surface area (Å²) in [5, 5.41) is 5.81. The molecule has 0 spiro atoms. The Morgan fingerprint density at radius 3 is 2.68 bits per heavy atom.